The summed E-state index contributed by atoms with van der Waals surface area (Å²) >= 11 is 1.72. The minimum absolute atomic E-state index is 0.209. The number of fused-ring (bicyclic) bond motifs is 1. The number of benzene rings is 1. The van der Waals surface area contributed by atoms with Crippen molar-refractivity contribution in [3.05, 3.63) is 71.5 Å². The van der Waals surface area contributed by atoms with Gasteiger partial charge in [-0.1, -0.05) is 30.3 Å². The largest absolute Gasteiger partial charge is 0.354 e. The van der Waals surface area contributed by atoms with Crippen LogP contribution in [0.15, 0.2) is 60.9 Å². The zero-order valence-corrected chi connectivity index (χ0v) is 20.2. The number of hydrogen-bond acceptors (Lipinski definition) is 7. The molecule has 6 rings (SSSR count). The molecule has 178 valence electrons. The SMILES string of the molecule is O=C(CN1CCN(c2ccc(-c3ccn[nH]3)cn2)CC1)N1CCc2nc(-c3ccccc3)sc2C1. The monoisotopic (exact) mass is 485 g/mol. The van der Waals surface area contributed by atoms with Crippen LogP contribution in [0.25, 0.3) is 21.8 Å². The van der Waals surface area contributed by atoms with Crippen LogP contribution in [0.5, 0.6) is 0 Å². The van der Waals surface area contributed by atoms with Crippen molar-refractivity contribution in [3.8, 4) is 21.8 Å². The highest BCUT2D eigenvalue weighted by Crippen LogP contribution is 2.31. The fourth-order valence-electron chi connectivity index (χ4n) is 4.69. The van der Waals surface area contributed by atoms with Crippen LogP contribution in [-0.2, 0) is 17.8 Å². The van der Waals surface area contributed by atoms with E-state index in [2.05, 4.69) is 49.2 Å². The van der Waals surface area contributed by atoms with Crippen molar-refractivity contribution in [3.63, 3.8) is 0 Å². The highest BCUT2D eigenvalue weighted by Gasteiger charge is 2.27. The van der Waals surface area contributed by atoms with Crippen LogP contribution >= 0.6 is 11.3 Å². The number of aromatic amines is 1. The Morgan fingerprint density at radius 1 is 0.971 bits per heavy atom. The molecule has 1 fully saturated rings. The molecular formula is C26H27N7OS. The number of rotatable bonds is 5. The van der Waals surface area contributed by atoms with Crippen LogP contribution in [0.4, 0.5) is 5.82 Å². The maximum Gasteiger partial charge on any atom is 0.237 e. The van der Waals surface area contributed by atoms with E-state index in [1.165, 1.54) is 4.88 Å². The van der Waals surface area contributed by atoms with E-state index in [1.54, 1.807) is 17.5 Å². The lowest BCUT2D eigenvalue weighted by molar-refractivity contribution is -0.133. The summed E-state index contributed by atoms with van der Waals surface area (Å²) < 4.78 is 0. The Hall–Kier alpha value is -3.56. The van der Waals surface area contributed by atoms with Crippen molar-refractivity contribution < 1.29 is 4.79 Å². The molecule has 2 aliphatic rings. The maximum atomic E-state index is 13.1. The smallest absolute Gasteiger partial charge is 0.237 e. The van der Waals surface area contributed by atoms with Crippen LogP contribution in [-0.4, -0.2) is 75.1 Å². The number of carbonyl (C=O) groups is 1. The van der Waals surface area contributed by atoms with Gasteiger partial charge in [0.2, 0.25) is 5.91 Å². The molecule has 1 aromatic carbocycles. The van der Waals surface area contributed by atoms with Crippen LogP contribution in [0, 0.1) is 0 Å². The molecule has 9 heteroatoms. The zero-order valence-electron chi connectivity index (χ0n) is 19.4. The highest BCUT2D eigenvalue weighted by molar-refractivity contribution is 7.15. The van der Waals surface area contributed by atoms with E-state index in [9.17, 15) is 4.79 Å². The number of nitrogens with one attached hydrogen (secondary N) is 1. The first-order valence-corrected chi connectivity index (χ1v) is 12.8. The summed E-state index contributed by atoms with van der Waals surface area (Å²) in [7, 11) is 0. The number of nitrogens with zero attached hydrogens (tertiary/aromatic N) is 6. The van der Waals surface area contributed by atoms with E-state index in [4.69, 9.17) is 4.98 Å². The van der Waals surface area contributed by atoms with Gasteiger partial charge >= 0.3 is 0 Å². The van der Waals surface area contributed by atoms with E-state index in [1.807, 2.05) is 35.4 Å². The quantitative estimate of drug-likeness (QED) is 0.467. The number of piperazine rings is 1. The first-order chi connectivity index (χ1) is 17.2. The van der Waals surface area contributed by atoms with Gasteiger partial charge in [-0.25, -0.2) is 9.97 Å². The van der Waals surface area contributed by atoms with Gasteiger partial charge < -0.3 is 9.80 Å². The van der Waals surface area contributed by atoms with Gasteiger partial charge in [0.15, 0.2) is 0 Å². The number of carbonyl (C=O) groups excluding carboxylic acids is 1. The molecule has 1 saturated heterocycles. The van der Waals surface area contributed by atoms with E-state index in [0.717, 1.165) is 72.5 Å². The minimum Gasteiger partial charge on any atom is -0.354 e. The average Bonchev–Trinajstić information content (AvgIpc) is 3.60. The number of aromatic nitrogens is 4. The lowest BCUT2D eigenvalue weighted by Crippen LogP contribution is -2.50. The van der Waals surface area contributed by atoms with Gasteiger partial charge in [0.1, 0.15) is 10.8 Å². The molecule has 0 saturated carbocycles. The normalized spacial score (nSPS) is 16.3. The second kappa shape index (κ2) is 9.59. The Labute approximate surface area is 208 Å². The predicted octanol–water partition coefficient (Wildman–Crippen LogP) is 3.30. The first-order valence-electron chi connectivity index (χ1n) is 12.0. The number of hydrogen-bond donors (Lipinski definition) is 1. The summed E-state index contributed by atoms with van der Waals surface area (Å²) in [5.74, 6) is 1.18. The summed E-state index contributed by atoms with van der Waals surface area (Å²) in [5.41, 5.74) is 4.29. The lowest BCUT2D eigenvalue weighted by atomic mass is 10.1. The Bertz CT molecular complexity index is 1280. The van der Waals surface area contributed by atoms with Crippen molar-refractivity contribution in [1.82, 2.24) is 30.0 Å². The van der Waals surface area contributed by atoms with Crippen molar-refractivity contribution in [2.45, 2.75) is 13.0 Å². The van der Waals surface area contributed by atoms with Gasteiger partial charge in [0.25, 0.3) is 0 Å². The molecule has 0 spiro atoms. The molecule has 0 radical (unpaired) electrons. The van der Waals surface area contributed by atoms with E-state index in [0.29, 0.717) is 13.1 Å². The summed E-state index contributed by atoms with van der Waals surface area (Å²) in [6.07, 6.45) is 4.45. The second-order valence-electron chi connectivity index (χ2n) is 8.96. The molecule has 5 heterocycles. The zero-order chi connectivity index (χ0) is 23.6. The molecule has 2 aliphatic heterocycles. The van der Waals surface area contributed by atoms with Crippen LogP contribution in [0.3, 0.4) is 0 Å². The van der Waals surface area contributed by atoms with Gasteiger partial charge in [-0.15, -0.1) is 11.3 Å². The number of anilines is 1. The van der Waals surface area contributed by atoms with Crippen molar-refractivity contribution in [2.75, 3.05) is 44.2 Å². The molecule has 3 aromatic heterocycles. The molecule has 8 nitrogen and oxygen atoms in total. The fraction of sp³-hybridized carbons (Fsp3) is 0.308. The van der Waals surface area contributed by atoms with Crippen LogP contribution in [0.1, 0.15) is 10.6 Å². The van der Waals surface area contributed by atoms with E-state index in [-0.39, 0.29) is 5.91 Å². The number of amides is 1. The summed E-state index contributed by atoms with van der Waals surface area (Å²) in [6, 6.07) is 16.3. The third kappa shape index (κ3) is 4.69. The molecular weight excluding hydrogens is 458 g/mol. The molecule has 1 N–H and O–H groups in total. The lowest BCUT2D eigenvalue weighted by Gasteiger charge is -2.36. The average molecular weight is 486 g/mol. The van der Waals surface area contributed by atoms with Gasteiger partial charge in [0.05, 0.1) is 24.5 Å². The van der Waals surface area contributed by atoms with Crippen molar-refractivity contribution in [2.24, 2.45) is 0 Å². The standard InChI is InChI=1S/C26H27N7OS/c34-25(33-11-9-22-23(17-33)35-26(29-22)19-4-2-1-3-5-19)18-31-12-14-32(15-13-31)24-7-6-20(16-27-24)21-8-10-28-30-21/h1-8,10,16H,9,11-15,17-18H2,(H,28,30). The van der Waals surface area contributed by atoms with Crippen LogP contribution in [0.2, 0.25) is 0 Å². The molecule has 0 atom stereocenters. The topological polar surface area (TPSA) is 81.2 Å². The van der Waals surface area contributed by atoms with Crippen LogP contribution < -0.4 is 4.90 Å². The van der Waals surface area contributed by atoms with Gasteiger partial charge in [-0.05, 0) is 18.2 Å². The molecule has 1 amide bonds. The van der Waals surface area contributed by atoms with E-state index >= 15 is 0 Å². The first kappa shape index (κ1) is 21.9. The number of thiazole rings is 1. The Kier molecular flexibility index (Phi) is 6.01. The number of H-pyrrole nitrogens is 1. The van der Waals surface area contributed by atoms with Gasteiger partial charge in [-0.3, -0.25) is 14.8 Å². The van der Waals surface area contributed by atoms with Gasteiger partial charge in [-0.2, -0.15) is 5.10 Å². The Balaban J connectivity index is 1.02. The van der Waals surface area contributed by atoms with Gasteiger partial charge in [0, 0.05) is 67.5 Å². The second-order valence-corrected chi connectivity index (χ2v) is 10.0. The van der Waals surface area contributed by atoms with Crippen molar-refractivity contribution in [1.29, 1.82) is 0 Å². The Morgan fingerprint density at radius 2 is 1.83 bits per heavy atom. The molecule has 0 bridgehead atoms. The maximum absolute atomic E-state index is 13.1. The molecule has 0 unspecified atom stereocenters. The summed E-state index contributed by atoms with van der Waals surface area (Å²) in [5, 5.41) is 8.02. The minimum atomic E-state index is 0.209. The number of pyridine rings is 1. The highest BCUT2D eigenvalue weighted by atomic mass is 32.1. The predicted molar refractivity (Wildman–Crippen MR) is 137 cm³/mol. The summed E-state index contributed by atoms with van der Waals surface area (Å²) in [6.45, 7) is 5.33. The third-order valence-corrected chi connectivity index (χ3v) is 7.85. The Morgan fingerprint density at radius 3 is 2.57 bits per heavy atom. The molecule has 0 aliphatic carbocycles. The molecule has 4 aromatic rings. The fourth-order valence-corrected chi connectivity index (χ4v) is 5.82. The van der Waals surface area contributed by atoms with Crippen molar-refractivity contribution >= 4 is 23.1 Å². The third-order valence-electron chi connectivity index (χ3n) is 6.72. The molecule has 35 heavy (non-hydrogen) atoms. The van der Waals surface area contributed by atoms with E-state index < -0.39 is 0 Å². The summed E-state index contributed by atoms with van der Waals surface area (Å²) in [4.78, 5) is 30.3.